The van der Waals surface area contributed by atoms with Gasteiger partial charge >= 0.3 is 0 Å². The van der Waals surface area contributed by atoms with E-state index in [4.69, 9.17) is 16.9 Å². The highest BCUT2D eigenvalue weighted by Crippen LogP contribution is 2.22. The van der Waals surface area contributed by atoms with Crippen LogP contribution in [0.3, 0.4) is 0 Å². The summed E-state index contributed by atoms with van der Waals surface area (Å²) in [7, 11) is -3.95. The van der Waals surface area contributed by atoms with E-state index in [1.165, 1.54) is 25.1 Å². The van der Waals surface area contributed by atoms with Crippen LogP contribution in [0.4, 0.5) is 0 Å². The van der Waals surface area contributed by atoms with Crippen LogP contribution in [-0.2, 0) is 14.8 Å². The molecule has 114 valence electrons. The number of hydrogen-bond acceptors (Lipinski definition) is 4. The number of halogens is 1. The Hall–Kier alpha value is -1.62. The van der Waals surface area contributed by atoms with E-state index in [1.807, 2.05) is 6.07 Å². The van der Waals surface area contributed by atoms with Gasteiger partial charge in [-0.25, -0.2) is 8.42 Å². The molecule has 0 aromatic heterocycles. The van der Waals surface area contributed by atoms with Gasteiger partial charge in [-0.1, -0.05) is 11.6 Å². The van der Waals surface area contributed by atoms with Crippen LogP contribution in [0, 0.1) is 11.3 Å². The zero-order valence-corrected chi connectivity index (χ0v) is 13.4. The van der Waals surface area contributed by atoms with Crippen molar-refractivity contribution in [2.24, 2.45) is 0 Å². The second-order valence-electron chi connectivity index (χ2n) is 4.76. The van der Waals surface area contributed by atoms with Crippen molar-refractivity contribution in [3.63, 3.8) is 0 Å². The third-order valence-corrected chi connectivity index (χ3v) is 4.53. The number of benzene rings is 1. The lowest BCUT2D eigenvalue weighted by Gasteiger charge is -2.16. The van der Waals surface area contributed by atoms with E-state index in [0.29, 0.717) is 0 Å². The summed E-state index contributed by atoms with van der Waals surface area (Å²) in [4.78, 5) is 11.6. The number of nitrogens with zero attached hydrogens (tertiary/aromatic N) is 1. The van der Waals surface area contributed by atoms with E-state index in [0.717, 1.165) is 0 Å². The van der Waals surface area contributed by atoms with Gasteiger partial charge in [0.1, 0.15) is 4.90 Å². The van der Waals surface area contributed by atoms with Crippen LogP contribution in [0.15, 0.2) is 23.1 Å². The Labute approximate surface area is 129 Å². The summed E-state index contributed by atoms with van der Waals surface area (Å²) in [5.41, 5.74) is 0.254. The zero-order chi connectivity index (χ0) is 16.2. The van der Waals surface area contributed by atoms with Crippen LogP contribution < -0.4 is 10.0 Å². The van der Waals surface area contributed by atoms with E-state index in [9.17, 15) is 13.2 Å². The minimum Gasteiger partial charge on any atom is -0.353 e. The Morgan fingerprint density at radius 1 is 1.33 bits per heavy atom. The maximum atomic E-state index is 12.2. The van der Waals surface area contributed by atoms with E-state index in [-0.39, 0.29) is 21.5 Å². The number of amides is 1. The standard InChI is InChI=1S/C13H16ClN3O3S/c1-8(2)16-13(18)9(3)17-21(19,20)12-5-4-10(7-15)6-11(12)14/h4-6,8-9,17H,1-3H3,(H,16,18). The highest BCUT2D eigenvalue weighted by Gasteiger charge is 2.24. The molecule has 1 amide bonds. The largest absolute Gasteiger partial charge is 0.353 e. The van der Waals surface area contributed by atoms with Crippen molar-refractivity contribution in [2.45, 2.75) is 37.8 Å². The molecule has 0 aliphatic heterocycles. The molecule has 0 aliphatic carbocycles. The van der Waals surface area contributed by atoms with Gasteiger partial charge in [0.15, 0.2) is 0 Å². The number of sulfonamides is 1. The number of rotatable bonds is 5. The summed E-state index contributed by atoms with van der Waals surface area (Å²) in [6.45, 7) is 4.99. The Kier molecular flexibility index (Phi) is 5.72. The SMILES string of the molecule is CC(C)NC(=O)C(C)NS(=O)(=O)c1ccc(C#N)cc1Cl. The van der Waals surface area contributed by atoms with E-state index in [1.54, 1.807) is 13.8 Å². The Morgan fingerprint density at radius 2 is 1.95 bits per heavy atom. The predicted molar refractivity (Wildman–Crippen MR) is 79.2 cm³/mol. The predicted octanol–water partition coefficient (Wildman–Crippen LogP) is 1.40. The van der Waals surface area contributed by atoms with Gasteiger partial charge in [-0.05, 0) is 39.0 Å². The van der Waals surface area contributed by atoms with Gasteiger partial charge in [0.2, 0.25) is 15.9 Å². The first kappa shape index (κ1) is 17.4. The zero-order valence-electron chi connectivity index (χ0n) is 11.8. The molecule has 0 fully saturated rings. The molecule has 6 nitrogen and oxygen atoms in total. The molecule has 0 radical (unpaired) electrons. The van der Waals surface area contributed by atoms with Crippen LogP contribution in [0.25, 0.3) is 0 Å². The van der Waals surface area contributed by atoms with Crippen molar-refractivity contribution in [3.05, 3.63) is 28.8 Å². The molecule has 0 spiro atoms. The Balaban J connectivity index is 2.97. The summed E-state index contributed by atoms with van der Waals surface area (Å²) < 4.78 is 26.6. The minimum absolute atomic E-state index is 0.0713. The van der Waals surface area contributed by atoms with Crippen LogP contribution >= 0.6 is 11.6 Å². The molecule has 0 saturated heterocycles. The third kappa shape index (κ3) is 4.70. The molecule has 0 heterocycles. The molecule has 1 rings (SSSR count). The van der Waals surface area contributed by atoms with Crippen LogP contribution in [0.2, 0.25) is 5.02 Å². The lowest BCUT2D eigenvalue weighted by atomic mass is 10.2. The molecule has 1 unspecified atom stereocenters. The molecular weight excluding hydrogens is 314 g/mol. The fourth-order valence-corrected chi connectivity index (χ4v) is 3.30. The van der Waals surface area contributed by atoms with Gasteiger partial charge in [0, 0.05) is 6.04 Å². The first-order valence-corrected chi connectivity index (χ1v) is 8.06. The van der Waals surface area contributed by atoms with Crippen molar-refractivity contribution in [1.29, 1.82) is 5.26 Å². The van der Waals surface area contributed by atoms with Gasteiger partial charge in [-0.3, -0.25) is 4.79 Å². The minimum atomic E-state index is -3.95. The van der Waals surface area contributed by atoms with Crippen LogP contribution in [0.1, 0.15) is 26.3 Å². The maximum absolute atomic E-state index is 12.2. The highest BCUT2D eigenvalue weighted by molar-refractivity contribution is 7.89. The van der Waals surface area contributed by atoms with E-state index < -0.39 is 22.0 Å². The Bertz CT molecular complexity index is 680. The van der Waals surface area contributed by atoms with Gasteiger partial charge < -0.3 is 5.32 Å². The van der Waals surface area contributed by atoms with Crippen molar-refractivity contribution in [3.8, 4) is 6.07 Å². The van der Waals surface area contributed by atoms with Crippen molar-refractivity contribution in [2.75, 3.05) is 0 Å². The summed E-state index contributed by atoms with van der Waals surface area (Å²) >= 11 is 5.87. The molecule has 1 aromatic rings. The van der Waals surface area contributed by atoms with Gasteiger partial charge in [0.25, 0.3) is 0 Å². The first-order valence-electron chi connectivity index (χ1n) is 6.19. The number of hydrogen-bond donors (Lipinski definition) is 2. The van der Waals surface area contributed by atoms with E-state index >= 15 is 0 Å². The number of carbonyl (C=O) groups is 1. The van der Waals surface area contributed by atoms with Crippen molar-refractivity contribution >= 4 is 27.5 Å². The summed E-state index contributed by atoms with van der Waals surface area (Å²) in [6.07, 6.45) is 0. The van der Waals surface area contributed by atoms with Crippen LogP contribution in [0.5, 0.6) is 0 Å². The number of carbonyl (C=O) groups excluding carboxylic acids is 1. The third-order valence-electron chi connectivity index (χ3n) is 2.51. The first-order chi connectivity index (χ1) is 9.67. The number of nitriles is 1. The fourth-order valence-electron chi connectivity index (χ4n) is 1.55. The smallest absolute Gasteiger partial charge is 0.242 e. The maximum Gasteiger partial charge on any atom is 0.242 e. The second-order valence-corrected chi connectivity index (χ2v) is 6.85. The normalized spacial score (nSPS) is 12.8. The quantitative estimate of drug-likeness (QED) is 0.853. The summed E-state index contributed by atoms with van der Waals surface area (Å²) in [5, 5.41) is 11.3. The molecule has 2 N–H and O–H groups in total. The average Bonchev–Trinajstić information content (AvgIpc) is 2.36. The molecule has 1 aromatic carbocycles. The van der Waals surface area contributed by atoms with Crippen molar-refractivity contribution in [1.82, 2.24) is 10.0 Å². The van der Waals surface area contributed by atoms with Gasteiger partial charge in [-0.15, -0.1) is 0 Å². The van der Waals surface area contributed by atoms with Gasteiger partial charge in [-0.2, -0.15) is 9.98 Å². The summed E-state index contributed by atoms with van der Waals surface area (Å²) in [5.74, 6) is -0.432. The highest BCUT2D eigenvalue weighted by atomic mass is 35.5. The van der Waals surface area contributed by atoms with Crippen molar-refractivity contribution < 1.29 is 13.2 Å². The molecule has 0 saturated carbocycles. The Morgan fingerprint density at radius 3 is 2.43 bits per heavy atom. The summed E-state index contributed by atoms with van der Waals surface area (Å²) in [6, 6.07) is 4.67. The topological polar surface area (TPSA) is 99.1 Å². The number of nitrogens with one attached hydrogen (secondary N) is 2. The fraction of sp³-hybridized carbons (Fsp3) is 0.385. The second kappa shape index (κ2) is 6.89. The van der Waals surface area contributed by atoms with Gasteiger partial charge in [0.05, 0.1) is 22.7 Å². The molecule has 8 heteroatoms. The molecule has 0 aliphatic rings. The molecule has 1 atom stereocenters. The molecule has 0 bridgehead atoms. The lowest BCUT2D eigenvalue weighted by molar-refractivity contribution is -0.122. The van der Waals surface area contributed by atoms with Crippen LogP contribution in [-0.4, -0.2) is 26.4 Å². The molecular formula is C13H16ClN3O3S. The monoisotopic (exact) mass is 329 g/mol. The molecule has 21 heavy (non-hydrogen) atoms. The van der Waals surface area contributed by atoms with E-state index in [2.05, 4.69) is 10.0 Å². The lowest BCUT2D eigenvalue weighted by Crippen LogP contribution is -2.46. The average molecular weight is 330 g/mol.